The van der Waals surface area contributed by atoms with Gasteiger partial charge in [0.25, 0.3) is 5.91 Å². The van der Waals surface area contributed by atoms with Crippen molar-refractivity contribution in [2.24, 2.45) is 0 Å². The molecular weight excluding hydrogens is 344 g/mol. The molecule has 0 atom stereocenters. The number of hydrogen-bond acceptors (Lipinski definition) is 5. The van der Waals surface area contributed by atoms with Crippen molar-refractivity contribution < 1.29 is 18.7 Å². The molecule has 0 fully saturated rings. The van der Waals surface area contributed by atoms with Gasteiger partial charge in [0, 0.05) is 12.1 Å². The maximum Gasteiger partial charge on any atom is 0.273 e. The second-order valence-electron chi connectivity index (χ2n) is 5.99. The molecule has 3 rings (SSSR count). The van der Waals surface area contributed by atoms with Crippen LogP contribution in [0.2, 0.25) is 0 Å². The molecule has 0 aliphatic carbocycles. The third kappa shape index (κ3) is 4.28. The number of rotatable bonds is 7. The molecule has 0 bridgehead atoms. The molecule has 0 saturated heterocycles. The van der Waals surface area contributed by atoms with Gasteiger partial charge in [-0.05, 0) is 43.2 Å². The molecule has 6 heteroatoms. The Hall–Kier alpha value is -3.28. The first-order chi connectivity index (χ1) is 13.1. The van der Waals surface area contributed by atoms with Crippen molar-refractivity contribution in [1.29, 1.82) is 0 Å². The number of hydrogen-bond donors (Lipinski definition) is 1. The molecular formula is C21H22N2O4. The van der Waals surface area contributed by atoms with E-state index in [4.69, 9.17) is 13.9 Å². The molecule has 3 aromatic rings. The van der Waals surface area contributed by atoms with E-state index in [0.29, 0.717) is 41.8 Å². The van der Waals surface area contributed by atoms with Gasteiger partial charge in [0.05, 0.1) is 14.2 Å². The zero-order valence-electron chi connectivity index (χ0n) is 15.6. The van der Waals surface area contributed by atoms with E-state index >= 15 is 0 Å². The molecule has 0 aliphatic heterocycles. The standard InChI is InChI=1S/C21H22N2O4/c1-14-19(23-21(27-14)16-7-5-4-6-8-16)20(24)22-12-11-15-9-10-17(25-2)18(13-15)26-3/h4-10,13H,11-12H2,1-3H3,(H,22,24). The molecule has 2 aromatic carbocycles. The zero-order chi connectivity index (χ0) is 19.2. The predicted octanol–water partition coefficient (Wildman–Crippen LogP) is 3.64. The minimum atomic E-state index is -0.251. The third-order valence-corrected chi connectivity index (χ3v) is 4.18. The lowest BCUT2D eigenvalue weighted by Gasteiger charge is -2.10. The fourth-order valence-corrected chi connectivity index (χ4v) is 2.75. The van der Waals surface area contributed by atoms with Crippen LogP contribution in [0.15, 0.2) is 52.9 Å². The fraction of sp³-hybridized carbons (Fsp3) is 0.238. The molecule has 0 saturated carbocycles. The Morgan fingerprint density at radius 1 is 1.07 bits per heavy atom. The summed E-state index contributed by atoms with van der Waals surface area (Å²) < 4.78 is 16.2. The predicted molar refractivity (Wildman–Crippen MR) is 102 cm³/mol. The van der Waals surface area contributed by atoms with Crippen molar-refractivity contribution in [2.75, 3.05) is 20.8 Å². The van der Waals surface area contributed by atoms with Crippen LogP contribution in [0, 0.1) is 6.92 Å². The largest absolute Gasteiger partial charge is 0.493 e. The topological polar surface area (TPSA) is 73.6 Å². The molecule has 0 radical (unpaired) electrons. The first-order valence-electron chi connectivity index (χ1n) is 8.64. The van der Waals surface area contributed by atoms with Crippen molar-refractivity contribution in [3.05, 3.63) is 65.5 Å². The van der Waals surface area contributed by atoms with Gasteiger partial charge in [-0.3, -0.25) is 4.79 Å². The Morgan fingerprint density at radius 3 is 2.52 bits per heavy atom. The summed E-state index contributed by atoms with van der Waals surface area (Å²) in [6.07, 6.45) is 0.661. The third-order valence-electron chi connectivity index (χ3n) is 4.18. The number of nitrogens with zero attached hydrogens (tertiary/aromatic N) is 1. The monoisotopic (exact) mass is 366 g/mol. The van der Waals surface area contributed by atoms with Crippen molar-refractivity contribution in [2.45, 2.75) is 13.3 Å². The zero-order valence-corrected chi connectivity index (χ0v) is 15.6. The molecule has 0 spiro atoms. The van der Waals surface area contributed by atoms with Crippen LogP contribution in [0.5, 0.6) is 11.5 Å². The van der Waals surface area contributed by atoms with Crippen molar-refractivity contribution in [3.63, 3.8) is 0 Å². The highest BCUT2D eigenvalue weighted by molar-refractivity contribution is 5.93. The van der Waals surface area contributed by atoms with Gasteiger partial charge in [-0.15, -0.1) is 0 Å². The normalized spacial score (nSPS) is 10.5. The second kappa shape index (κ2) is 8.40. The summed E-state index contributed by atoms with van der Waals surface area (Å²) in [5.41, 5.74) is 2.18. The number of ether oxygens (including phenoxy) is 2. The van der Waals surface area contributed by atoms with Crippen LogP contribution < -0.4 is 14.8 Å². The summed E-state index contributed by atoms with van der Waals surface area (Å²) in [6.45, 7) is 2.21. The van der Waals surface area contributed by atoms with Gasteiger partial charge < -0.3 is 19.2 Å². The number of amides is 1. The van der Waals surface area contributed by atoms with E-state index in [9.17, 15) is 4.79 Å². The minimum Gasteiger partial charge on any atom is -0.493 e. The first-order valence-corrected chi connectivity index (χ1v) is 8.64. The van der Waals surface area contributed by atoms with Gasteiger partial charge in [0.15, 0.2) is 17.2 Å². The van der Waals surface area contributed by atoms with Gasteiger partial charge >= 0.3 is 0 Å². The summed E-state index contributed by atoms with van der Waals surface area (Å²) in [7, 11) is 3.20. The molecule has 6 nitrogen and oxygen atoms in total. The van der Waals surface area contributed by atoms with E-state index in [-0.39, 0.29) is 5.91 Å². The van der Waals surface area contributed by atoms with Crippen LogP contribution in [0.4, 0.5) is 0 Å². The molecule has 1 heterocycles. The Bertz CT molecular complexity index is 919. The van der Waals surface area contributed by atoms with Crippen LogP contribution in [0.1, 0.15) is 21.8 Å². The van der Waals surface area contributed by atoms with Crippen molar-refractivity contribution in [1.82, 2.24) is 10.3 Å². The van der Waals surface area contributed by atoms with Crippen LogP contribution >= 0.6 is 0 Å². The molecule has 140 valence electrons. The van der Waals surface area contributed by atoms with Crippen LogP contribution in [-0.2, 0) is 6.42 Å². The quantitative estimate of drug-likeness (QED) is 0.691. The summed E-state index contributed by atoms with van der Waals surface area (Å²) >= 11 is 0. The smallest absolute Gasteiger partial charge is 0.273 e. The Morgan fingerprint density at radius 2 is 1.81 bits per heavy atom. The van der Waals surface area contributed by atoms with E-state index in [0.717, 1.165) is 11.1 Å². The summed E-state index contributed by atoms with van der Waals surface area (Å²) in [4.78, 5) is 16.8. The Balaban J connectivity index is 1.62. The maximum atomic E-state index is 12.4. The van der Waals surface area contributed by atoms with E-state index in [2.05, 4.69) is 10.3 Å². The summed E-state index contributed by atoms with van der Waals surface area (Å²) in [5.74, 6) is 2.03. The van der Waals surface area contributed by atoms with Gasteiger partial charge in [-0.1, -0.05) is 24.3 Å². The van der Waals surface area contributed by atoms with Gasteiger partial charge in [-0.2, -0.15) is 0 Å². The van der Waals surface area contributed by atoms with E-state index in [1.54, 1.807) is 21.1 Å². The van der Waals surface area contributed by atoms with E-state index in [1.807, 2.05) is 48.5 Å². The highest BCUT2D eigenvalue weighted by Gasteiger charge is 2.17. The highest BCUT2D eigenvalue weighted by Crippen LogP contribution is 2.27. The lowest BCUT2D eigenvalue weighted by Crippen LogP contribution is -2.26. The van der Waals surface area contributed by atoms with Gasteiger partial charge in [0.2, 0.25) is 5.89 Å². The number of aromatic nitrogens is 1. The molecule has 0 aliphatic rings. The first kappa shape index (κ1) is 18.5. The van der Waals surface area contributed by atoms with Crippen molar-refractivity contribution in [3.8, 4) is 23.0 Å². The summed E-state index contributed by atoms with van der Waals surface area (Å²) in [6, 6.07) is 15.2. The molecule has 27 heavy (non-hydrogen) atoms. The number of oxazole rings is 1. The average molecular weight is 366 g/mol. The van der Waals surface area contributed by atoms with Crippen LogP contribution in [0.25, 0.3) is 11.5 Å². The molecule has 1 amide bonds. The second-order valence-corrected chi connectivity index (χ2v) is 5.99. The molecule has 0 unspecified atom stereocenters. The lowest BCUT2D eigenvalue weighted by atomic mass is 10.1. The number of carbonyl (C=O) groups is 1. The summed E-state index contributed by atoms with van der Waals surface area (Å²) in [5, 5.41) is 2.89. The SMILES string of the molecule is COc1ccc(CCNC(=O)c2nc(-c3ccccc3)oc2C)cc1OC. The van der Waals surface area contributed by atoms with E-state index in [1.165, 1.54) is 0 Å². The Labute approximate surface area is 158 Å². The fourth-order valence-electron chi connectivity index (χ4n) is 2.75. The van der Waals surface area contributed by atoms with Crippen LogP contribution in [-0.4, -0.2) is 31.7 Å². The number of aryl methyl sites for hydroxylation is 1. The van der Waals surface area contributed by atoms with Crippen molar-refractivity contribution >= 4 is 5.91 Å². The maximum absolute atomic E-state index is 12.4. The highest BCUT2D eigenvalue weighted by atomic mass is 16.5. The van der Waals surface area contributed by atoms with Gasteiger partial charge in [0.1, 0.15) is 5.76 Å². The Kier molecular flexibility index (Phi) is 5.76. The number of nitrogens with one attached hydrogen (secondary N) is 1. The number of methoxy groups -OCH3 is 2. The number of benzene rings is 2. The molecule has 1 aromatic heterocycles. The number of carbonyl (C=O) groups excluding carboxylic acids is 1. The van der Waals surface area contributed by atoms with Gasteiger partial charge in [-0.25, -0.2) is 4.98 Å². The lowest BCUT2D eigenvalue weighted by molar-refractivity contribution is 0.0948. The average Bonchev–Trinajstić information content (AvgIpc) is 3.10. The minimum absolute atomic E-state index is 0.251. The van der Waals surface area contributed by atoms with Crippen LogP contribution in [0.3, 0.4) is 0 Å². The molecule has 1 N–H and O–H groups in total. The van der Waals surface area contributed by atoms with E-state index < -0.39 is 0 Å².